The van der Waals surface area contributed by atoms with Crippen LogP contribution in [0.2, 0.25) is 0 Å². The monoisotopic (exact) mass is 261 g/mol. The lowest BCUT2D eigenvalue weighted by atomic mass is 10.3. The van der Waals surface area contributed by atoms with Gasteiger partial charge in [0.05, 0.1) is 13.1 Å². The quantitative estimate of drug-likeness (QED) is 0.654. The molecule has 0 atom stereocenters. The van der Waals surface area contributed by atoms with E-state index in [0.29, 0.717) is 6.42 Å². The third-order valence-corrected chi connectivity index (χ3v) is 2.62. The maximum Gasteiger partial charge on any atom is 0.338 e. The third kappa shape index (κ3) is 2.86. The minimum Gasteiger partial charge on any atom is -0.247 e. The highest BCUT2D eigenvalue weighted by Gasteiger charge is 2.13. The largest absolute Gasteiger partial charge is 0.338 e. The summed E-state index contributed by atoms with van der Waals surface area (Å²) in [5.41, 5.74) is -2.14. The number of aromatic nitrogens is 3. The van der Waals surface area contributed by atoms with E-state index in [9.17, 15) is 14.4 Å². The van der Waals surface area contributed by atoms with Crippen molar-refractivity contribution < 1.29 is 0 Å². The van der Waals surface area contributed by atoms with Crippen LogP contribution >= 0.6 is 0 Å². The molecule has 1 aromatic heterocycles. The van der Waals surface area contributed by atoms with Crippen molar-refractivity contribution >= 4 is 0 Å². The smallest absolute Gasteiger partial charge is 0.247 e. The Morgan fingerprint density at radius 1 is 0.895 bits per heavy atom. The molecule has 1 aromatic rings. The third-order valence-electron chi connectivity index (χ3n) is 2.62. The van der Waals surface area contributed by atoms with E-state index in [0.717, 1.165) is 20.1 Å². The van der Waals surface area contributed by atoms with Crippen LogP contribution in [0.15, 0.2) is 14.4 Å². The maximum atomic E-state index is 12.0. The SMILES string of the molecule is C#CCn1c(=O)n(CC#C)c(=O)n(CCCC)c1=O. The van der Waals surface area contributed by atoms with Crippen molar-refractivity contribution in [2.75, 3.05) is 0 Å². The normalized spacial score (nSPS) is 9.84. The Morgan fingerprint density at radius 3 is 1.68 bits per heavy atom. The molecule has 19 heavy (non-hydrogen) atoms. The van der Waals surface area contributed by atoms with Gasteiger partial charge in [0.25, 0.3) is 0 Å². The molecule has 0 bridgehead atoms. The summed E-state index contributed by atoms with van der Waals surface area (Å²) < 4.78 is 2.68. The fourth-order valence-electron chi connectivity index (χ4n) is 1.64. The van der Waals surface area contributed by atoms with Crippen LogP contribution in [0, 0.1) is 24.7 Å². The van der Waals surface area contributed by atoms with Crippen LogP contribution in [0.4, 0.5) is 0 Å². The molecule has 1 rings (SSSR count). The minimum atomic E-state index is -0.765. The minimum absolute atomic E-state index is 0.186. The van der Waals surface area contributed by atoms with Crippen molar-refractivity contribution in [1.82, 2.24) is 13.7 Å². The summed E-state index contributed by atoms with van der Waals surface area (Å²) in [6.07, 6.45) is 11.7. The van der Waals surface area contributed by atoms with Crippen LogP contribution in [0.25, 0.3) is 0 Å². The van der Waals surface area contributed by atoms with Crippen molar-refractivity contribution in [1.29, 1.82) is 0 Å². The van der Waals surface area contributed by atoms with Gasteiger partial charge in [-0.05, 0) is 6.42 Å². The molecule has 100 valence electrons. The molecule has 1 heterocycles. The lowest BCUT2D eigenvalue weighted by Crippen LogP contribution is -2.54. The predicted molar refractivity (Wildman–Crippen MR) is 71.8 cm³/mol. The second kappa shape index (κ2) is 6.46. The Morgan fingerprint density at radius 2 is 1.32 bits per heavy atom. The lowest BCUT2D eigenvalue weighted by Gasteiger charge is -2.10. The van der Waals surface area contributed by atoms with Crippen LogP contribution in [0.5, 0.6) is 0 Å². The van der Waals surface area contributed by atoms with Crippen molar-refractivity contribution in [2.24, 2.45) is 0 Å². The van der Waals surface area contributed by atoms with Gasteiger partial charge in [-0.25, -0.2) is 28.1 Å². The molecule has 0 aliphatic carbocycles. The van der Waals surface area contributed by atoms with Gasteiger partial charge in [0.15, 0.2) is 0 Å². The average Bonchev–Trinajstić information content (AvgIpc) is 2.40. The predicted octanol–water partition coefficient (Wildman–Crippen LogP) is -0.762. The first-order chi connectivity index (χ1) is 9.08. The van der Waals surface area contributed by atoms with Gasteiger partial charge in [0.2, 0.25) is 0 Å². The summed E-state index contributed by atoms with van der Waals surface area (Å²) >= 11 is 0. The van der Waals surface area contributed by atoms with E-state index < -0.39 is 17.1 Å². The highest BCUT2D eigenvalue weighted by atomic mass is 16.2. The first kappa shape index (κ1) is 14.6. The molecule has 6 nitrogen and oxygen atoms in total. The standard InChI is InChI=1S/C13H15N3O3/c1-4-7-10-16-12(18)14(8-5-2)11(17)15(9-6-3)13(16)19/h2-3H,4,7-10H2,1H3. The van der Waals surface area contributed by atoms with Gasteiger partial charge in [-0.15, -0.1) is 12.8 Å². The van der Waals surface area contributed by atoms with Crippen LogP contribution in [-0.2, 0) is 19.6 Å². The van der Waals surface area contributed by atoms with Crippen molar-refractivity contribution in [3.8, 4) is 24.7 Å². The molecule has 0 unspecified atom stereocenters. The molecule has 0 saturated heterocycles. The summed E-state index contributed by atoms with van der Waals surface area (Å²) in [4.78, 5) is 36.0. The zero-order valence-corrected chi connectivity index (χ0v) is 10.8. The highest BCUT2D eigenvalue weighted by Crippen LogP contribution is 1.87. The summed E-state index contributed by atoms with van der Waals surface area (Å²) in [6, 6.07) is 0. The Labute approximate surface area is 110 Å². The molecular weight excluding hydrogens is 246 g/mol. The topological polar surface area (TPSA) is 66.0 Å². The van der Waals surface area contributed by atoms with Gasteiger partial charge in [0, 0.05) is 6.54 Å². The van der Waals surface area contributed by atoms with E-state index in [2.05, 4.69) is 11.8 Å². The molecular formula is C13H15N3O3. The van der Waals surface area contributed by atoms with Gasteiger partial charge in [0.1, 0.15) is 0 Å². The Hall–Kier alpha value is -2.47. The Kier molecular flexibility index (Phi) is 4.96. The number of hydrogen-bond donors (Lipinski definition) is 0. The molecule has 0 saturated carbocycles. The van der Waals surface area contributed by atoms with Crippen LogP contribution in [-0.4, -0.2) is 13.7 Å². The molecule has 0 spiro atoms. The van der Waals surface area contributed by atoms with E-state index >= 15 is 0 Å². The van der Waals surface area contributed by atoms with Crippen LogP contribution in [0.3, 0.4) is 0 Å². The fraction of sp³-hybridized carbons (Fsp3) is 0.462. The summed E-state index contributed by atoms with van der Waals surface area (Å²) in [5.74, 6) is 4.44. The van der Waals surface area contributed by atoms with Gasteiger partial charge in [-0.2, -0.15) is 0 Å². The van der Waals surface area contributed by atoms with E-state index in [1.807, 2.05) is 6.92 Å². The molecule has 0 amide bonds. The van der Waals surface area contributed by atoms with Gasteiger partial charge in [-0.1, -0.05) is 25.2 Å². The fourth-order valence-corrected chi connectivity index (χ4v) is 1.64. The zero-order chi connectivity index (χ0) is 14.4. The first-order valence-corrected chi connectivity index (χ1v) is 5.89. The summed E-state index contributed by atoms with van der Waals surface area (Å²) in [5, 5.41) is 0. The number of nitrogens with zero attached hydrogens (tertiary/aromatic N) is 3. The molecule has 0 aromatic carbocycles. The maximum absolute atomic E-state index is 12.0. The Balaban J connectivity index is 3.61. The number of terminal acetylenes is 2. The van der Waals surface area contributed by atoms with E-state index in [-0.39, 0.29) is 19.6 Å². The zero-order valence-electron chi connectivity index (χ0n) is 10.8. The van der Waals surface area contributed by atoms with E-state index in [4.69, 9.17) is 12.8 Å². The molecule has 0 radical (unpaired) electrons. The van der Waals surface area contributed by atoms with Crippen molar-refractivity contribution in [3.05, 3.63) is 31.5 Å². The van der Waals surface area contributed by atoms with Crippen molar-refractivity contribution in [3.63, 3.8) is 0 Å². The molecule has 0 aliphatic heterocycles. The van der Waals surface area contributed by atoms with Crippen LogP contribution in [0.1, 0.15) is 19.8 Å². The summed E-state index contributed by atoms with van der Waals surface area (Å²) in [7, 11) is 0. The van der Waals surface area contributed by atoms with Gasteiger partial charge < -0.3 is 0 Å². The molecule has 0 fully saturated rings. The Bertz CT molecular complexity index is 653. The second-order valence-electron chi connectivity index (χ2n) is 3.93. The van der Waals surface area contributed by atoms with Gasteiger partial charge >= 0.3 is 17.1 Å². The van der Waals surface area contributed by atoms with Gasteiger partial charge in [-0.3, -0.25) is 0 Å². The average molecular weight is 261 g/mol. The van der Waals surface area contributed by atoms with E-state index in [1.165, 1.54) is 0 Å². The van der Waals surface area contributed by atoms with Crippen LogP contribution < -0.4 is 17.1 Å². The highest BCUT2D eigenvalue weighted by molar-refractivity contribution is 4.92. The van der Waals surface area contributed by atoms with E-state index in [1.54, 1.807) is 0 Å². The molecule has 0 N–H and O–H groups in total. The molecule has 6 heteroatoms. The van der Waals surface area contributed by atoms with Crippen molar-refractivity contribution in [2.45, 2.75) is 39.4 Å². The summed E-state index contributed by atoms with van der Waals surface area (Å²) in [6.45, 7) is 1.80. The number of unbranched alkanes of at least 4 members (excludes halogenated alkanes) is 1. The number of rotatable bonds is 5. The molecule has 0 aliphatic rings. The second-order valence-corrected chi connectivity index (χ2v) is 3.93. The number of hydrogen-bond acceptors (Lipinski definition) is 3. The first-order valence-electron chi connectivity index (χ1n) is 5.89. The lowest BCUT2D eigenvalue weighted by molar-refractivity contribution is 0.471.